The molecule has 266 valence electrons. The van der Waals surface area contributed by atoms with E-state index in [0.29, 0.717) is 11.5 Å². The highest BCUT2D eigenvalue weighted by Crippen LogP contribution is 2.40. The van der Waals surface area contributed by atoms with Crippen LogP contribution in [0.15, 0.2) is 158 Å². The number of aromatic nitrogens is 1. The molecule has 0 spiro atoms. The van der Waals surface area contributed by atoms with E-state index in [0.717, 1.165) is 32.0 Å². The van der Waals surface area contributed by atoms with Gasteiger partial charge in [-0.05, 0) is 39.6 Å². The van der Waals surface area contributed by atoms with Crippen molar-refractivity contribution < 1.29 is 33.8 Å². The van der Waals surface area contributed by atoms with Crippen molar-refractivity contribution in [1.82, 2.24) is 5.06 Å². The summed E-state index contributed by atoms with van der Waals surface area (Å²) in [6, 6.07) is 47.7. The Morgan fingerprint density at radius 1 is 0.604 bits per heavy atom. The lowest BCUT2D eigenvalue weighted by Crippen LogP contribution is -2.41. The van der Waals surface area contributed by atoms with Crippen molar-refractivity contribution in [2.45, 2.75) is 37.4 Å². The first-order valence-corrected chi connectivity index (χ1v) is 18.5. The molecule has 1 aliphatic heterocycles. The van der Waals surface area contributed by atoms with Crippen LogP contribution in [0, 0.1) is 0 Å². The maximum atomic E-state index is 13.4. The van der Waals surface area contributed by atoms with Crippen molar-refractivity contribution in [2.24, 2.45) is 0 Å². The lowest BCUT2D eigenvalue weighted by Gasteiger charge is -2.25. The molecular weight excluding hydrogens is 685 g/mol. The van der Waals surface area contributed by atoms with E-state index >= 15 is 0 Å². The normalized spacial score (nSPS) is 13.1. The lowest BCUT2D eigenvalue weighted by atomic mass is 10.0. The molecule has 6 aromatic rings. The van der Waals surface area contributed by atoms with Crippen molar-refractivity contribution in [1.29, 1.82) is 0 Å². The van der Waals surface area contributed by atoms with E-state index in [2.05, 4.69) is 0 Å². The van der Waals surface area contributed by atoms with Gasteiger partial charge in [-0.2, -0.15) is 11.8 Å². The number of amides is 2. The number of ether oxygens (including phenoxy) is 2. The highest BCUT2D eigenvalue weighted by Gasteiger charge is 2.41. The van der Waals surface area contributed by atoms with Gasteiger partial charge >= 0.3 is 0 Å². The molecule has 8 nitrogen and oxygen atoms in total. The molecule has 0 radical (unpaired) electrons. The summed E-state index contributed by atoms with van der Waals surface area (Å²) in [5.41, 5.74) is 4.40. The summed E-state index contributed by atoms with van der Waals surface area (Å²) >= 11 is 1.56. The topological polar surface area (TPSA) is 89.2 Å². The number of carbonyl (C=O) groups is 2. The zero-order valence-electron chi connectivity index (χ0n) is 29.3. The van der Waals surface area contributed by atoms with Crippen molar-refractivity contribution in [2.75, 3.05) is 5.75 Å². The van der Waals surface area contributed by atoms with Gasteiger partial charge < -0.3 is 9.47 Å². The van der Waals surface area contributed by atoms with Crippen LogP contribution in [0.5, 0.6) is 11.5 Å². The molecule has 53 heavy (non-hydrogen) atoms. The second-order valence-corrected chi connectivity index (χ2v) is 14.4. The number of rotatable bonds is 14. The van der Waals surface area contributed by atoms with E-state index in [-0.39, 0.29) is 27.8 Å². The Balaban J connectivity index is 1.35. The van der Waals surface area contributed by atoms with E-state index < -0.39 is 30.1 Å². The molecule has 2 amide bonds. The average molecular weight is 724 g/mol. The minimum Gasteiger partial charge on any atom is -0.477 e. The van der Waals surface area contributed by atoms with Crippen LogP contribution in [-0.4, -0.2) is 33.1 Å². The Kier molecular flexibility index (Phi) is 10.8. The van der Waals surface area contributed by atoms with Crippen LogP contribution in [-0.2, 0) is 4.84 Å². The Morgan fingerprint density at radius 2 is 1.00 bits per heavy atom. The zero-order chi connectivity index (χ0) is 36.7. The first-order chi connectivity index (χ1) is 25.9. The molecule has 5 aromatic carbocycles. The molecule has 1 aromatic heterocycles. The predicted octanol–water partition coefficient (Wildman–Crippen LogP) is 8.96. The monoisotopic (exact) mass is 723 g/mol. The third-order valence-electron chi connectivity index (χ3n) is 8.83. The number of hydrogen-bond acceptors (Lipinski definition) is 7. The molecule has 1 unspecified atom stereocenters. The standard InChI is InChI=1S/C44H39N2O6S/c1-30(2)53-29-40(52-46-43(47)35-25-15-16-26-36(35)44(46)48)37-27-38(50-41(31-17-7-3-8-18-31)32-19-9-4-10-20-32)39(28-45(37)49)51-42(33-21-11-5-12-22-33)34-23-13-6-14-24-34/h3-28,30,40-42,49H,29H2,1-2H3/q+1. The van der Waals surface area contributed by atoms with Crippen molar-refractivity contribution in [3.63, 3.8) is 0 Å². The predicted molar refractivity (Wildman–Crippen MR) is 203 cm³/mol. The van der Waals surface area contributed by atoms with Gasteiger partial charge in [0, 0.05) is 10.5 Å². The van der Waals surface area contributed by atoms with Crippen LogP contribution in [0.25, 0.3) is 0 Å². The van der Waals surface area contributed by atoms with E-state index in [9.17, 15) is 14.8 Å². The molecule has 7 rings (SSSR count). The summed E-state index contributed by atoms with van der Waals surface area (Å²) in [6.45, 7) is 4.08. The van der Waals surface area contributed by atoms with Crippen LogP contribution < -0.4 is 14.2 Å². The quantitative estimate of drug-likeness (QED) is 0.0682. The number of hydrogen-bond donors (Lipinski definition) is 1. The fourth-order valence-electron chi connectivity index (χ4n) is 6.20. The smallest absolute Gasteiger partial charge is 0.285 e. The van der Waals surface area contributed by atoms with E-state index in [1.54, 1.807) is 42.1 Å². The maximum absolute atomic E-state index is 13.4. The summed E-state index contributed by atoms with van der Waals surface area (Å²) in [5, 5.41) is 12.7. The van der Waals surface area contributed by atoms with Crippen LogP contribution >= 0.6 is 11.8 Å². The number of carbonyl (C=O) groups excluding carboxylic acids is 2. The Morgan fingerprint density at radius 3 is 1.42 bits per heavy atom. The molecular formula is C44H39N2O6S+. The Hall–Kier alpha value is -5.90. The van der Waals surface area contributed by atoms with Gasteiger partial charge in [0.25, 0.3) is 23.7 Å². The molecule has 9 heteroatoms. The number of imide groups is 1. The summed E-state index contributed by atoms with van der Waals surface area (Å²) in [7, 11) is 0. The minimum absolute atomic E-state index is 0.187. The Labute approximate surface area is 313 Å². The molecule has 2 heterocycles. The van der Waals surface area contributed by atoms with Crippen LogP contribution in [0.3, 0.4) is 0 Å². The van der Waals surface area contributed by atoms with Crippen molar-refractivity contribution in [3.8, 4) is 11.5 Å². The Bertz CT molecular complexity index is 2050. The molecule has 0 bridgehead atoms. The number of fused-ring (bicyclic) bond motifs is 1. The van der Waals surface area contributed by atoms with Gasteiger partial charge in [0.05, 0.1) is 17.2 Å². The van der Waals surface area contributed by atoms with Gasteiger partial charge in [0.2, 0.25) is 5.75 Å². The molecule has 0 aliphatic carbocycles. The number of thioether (sulfide) groups is 1. The van der Waals surface area contributed by atoms with E-state index in [1.165, 1.54) is 6.20 Å². The summed E-state index contributed by atoms with van der Waals surface area (Å²) in [6.07, 6.45) is -0.610. The third kappa shape index (κ3) is 7.96. The van der Waals surface area contributed by atoms with Gasteiger partial charge in [-0.1, -0.05) is 147 Å². The first-order valence-electron chi connectivity index (χ1n) is 17.5. The van der Waals surface area contributed by atoms with Crippen LogP contribution in [0.4, 0.5) is 0 Å². The summed E-state index contributed by atoms with van der Waals surface area (Å²) < 4.78 is 14.7. The molecule has 0 fully saturated rings. The lowest BCUT2D eigenvalue weighted by molar-refractivity contribution is -0.911. The van der Waals surface area contributed by atoms with Crippen LogP contribution in [0.1, 0.15) is 80.8 Å². The van der Waals surface area contributed by atoms with Gasteiger partial charge in [-0.15, -0.1) is 5.06 Å². The van der Waals surface area contributed by atoms with Crippen molar-refractivity contribution in [3.05, 3.63) is 197 Å². The molecule has 0 saturated carbocycles. The largest absolute Gasteiger partial charge is 0.477 e. The summed E-state index contributed by atoms with van der Waals surface area (Å²) in [4.78, 5) is 33.1. The van der Waals surface area contributed by atoms with Gasteiger partial charge in [0.1, 0.15) is 12.2 Å². The number of hydroxylamine groups is 2. The number of pyridine rings is 1. The maximum Gasteiger partial charge on any atom is 0.285 e. The molecule has 0 saturated heterocycles. The van der Waals surface area contributed by atoms with E-state index in [1.807, 2.05) is 135 Å². The zero-order valence-corrected chi connectivity index (χ0v) is 30.1. The number of nitrogens with zero attached hydrogens (tertiary/aromatic N) is 2. The molecule has 1 aliphatic rings. The van der Waals surface area contributed by atoms with Gasteiger partial charge in [0.15, 0.2) is 11.9 Å². The van der Waals surface area contributed by atoms with Gasteiger partial charge in [-0.3, -0.25) is 14.8 Å². The van der Waals surface area contributed by atoms with Crippen LogP contribution in [0.2, 0.25) is 0 Å². The third-order valence-corrected chi connectivity index (χ3v) is 9.99. The first kappa shape index (κ1) is 35.5. The second kappa shape index (κ2) is 16.2. The highest BCUT2D eigenvalue weighted by atomic mass is 32.2. The van der Waals surface area contributed by atoms with Crippen molar-refractivity contribution >= 4 is 23.6 Å². The molecule has 1 atom stereocenters. The fourth-order valence-corrected chi connectivity index (χ4v) is 7.00. The number of benzene rings is 5. The SMILES string of the molecule is CC(C)SCC(ON1C(=O)c2ccccc2C1=O)c1cc(OC(c2ccccc2)c2ccccc2)c(OC(c2ccccc2)c2ccccc2)c[n+]1O. The van der Waals surface area contributed by atoms with E-state index in [4.69, 9.17) is 14.3 Å². The average Bonchev–Trinajstić information content (AvgIpc) is 3.44. The molecule has 1 N–H and O–H groups in total. The van der Waals surface area contributed by atoms with Gasteiger partial charge in [-0.25, -0.2) is 4.84 Å². The highest BCUT2D eigenvalue weighted by molar-refractivity contribution is 7.99. The fraction of sp³-hybridized carbons (Fsp3) is 0.159. The summed E-state index contributed by atoms with van der Waals surface area (Å²) in [5.74, 6) is -0.226. The second-order valence-electron chi connectivity index (χ2n) is 12.8. The minimum atomic E-state index is -0.947.